The van der Waals surface area contributed by atoms with Gasteiger partial charge in [-0.2, -0.15) is 23.3 Å². The maximum Gasteiger partial charge on any atom is 2.00 e. The van der Waals surface area contributed by atoms with Crippen molar-refractivity contribution in [3.8, 4) is 0 Å². The molecule has 0 saturated carbocycles. The van der Waals surface area contributed by atoms with Gasteiger partial charge in [-0.3, -0.25) is 18.2 Å². The predicted octanol–water partition coefficient (Wildman–Crippen LogP) is 7.68. The first-order valence-corrected chi connectivity index (χ1v) is 12.1. The molecule has 4 heteroatoms. The van der Waals surface area contributed by atoms with E-state index in [-0.39, 0.29) is 44.6 Å². The fourth-order valence-electron chi connectivity index (χ4n) is 1.84. The molecule has 159 valence electrons. The molecule has 0 aromatic heterocycles. The van der Waals surface area contributed by atoms with Crippen LogP contribution >= 0.6 is 0 Å². The third-order valence-corrected chi connectivity index (χ3v) is 3.41. The van der Waals surface area contributed by atoms with Crippen LogP contribution < -0.4 is 0 Å². The zero-order valence-electron chi connectivity index (χ0n) is 19.9. The third-order valence-electron chi connectivity index (χ3n) is 3.41. The van der Waals surface area contributed by atoms with Crippen LogP contribution in [0.1, 0.15) is 61.3 Å². The van der Waals surface area contributed by atoms with E-state index in [2.05, 4.69) is 71.2 Å². The molecule has 3 aliphatic rings. The molecule has 1 radical (unpaired) electrons. The van der Waals surface area contributed by atoms with Gasteiger partial charge in [0.2, 0.25) is 0 Å². The van der Waals surface area contributed by atoms with Gasteiger partial charge in [0.1, 0.15) is 0 Å². The molecule has 0 aromatic carbocycles. The minimum atomic E-state index is -0.250. The van der Waals surface area contributed by atoms with Gasteiger partial charge < -0.3 is 5.73 Å². The van der Waals surface area contributed by atoms with Gasteiger partial charge in [-0.15, -0.1) is 25.3 Å². The Morgan fingerprint density at radius 2 is 1.31 bits per heavy atom. The Morgan fingerprint density at radius 1 is 0.966 bits per heavy atom. The second-order valence-electron chi connectivity index (χ2n) is 7.63. The molecule has 0 fully saturated rings. The molecule has 3 rings (SSSR count). The van der Waals surface area contributed by atoms with E-state index in [4.69, 9.17) is 5.73 Å². The van der Waals surface area contributed by atoms with Gasteiger partial charge in [-0.05, 0) is 0 Å². The van der Waals surface area contributed by atoms with Crippen molar-refractivity contribution < 1.29 is 39.1 Å². The van der Waals surface area contributed by atoms with Crippen molar-refractivity contribution in [3.63, 3.8) is 0 Å². The average molecular weight is 483 g/mol. The summed E-state index contributed by atoms with van der Waals surface area (Å²) < 4.78 is 0. The standard InChI is InChI=1S/C9H13.2C5H5.C4H10N.C2H7Si.Cr.Ti/c1-6-5-7(2)9(4)8(6)3;2*1-2-4-5-3-1;1-4(2,3)5;1-3-2;;/h6H,1-4H3;2*1-3H,4H2;5H,1-3H3;3H,1-2H3;;/q4*-1;;2*+2. The molecule has 0 spiro atoms. The fraction of sp³-hybridized carbons (Fsp3) is 0.520. The van der Waals surface area contributed by atoms with Crippen LogP contribution in [0.15, 0.2) is 53.2 Å². The first-order chi connectivity index (χ1) is 12.5. The van der Waals surface area contributed by atoms with Gasteiger partial charge in [0.05, 0.1) is 0 Å². The zero-order valence-corrected chi connectivity index (χ0v) is 23.9. The minimum absolute atomic E-state index is 0. The monoisotopic (exact) mass is 482 g/mol. The first-order valence-electron chi connectivity index (χ1n) is 9.74. The Hall–Kier alpha value is -0.136. The maximum atomic E-state index is 6.94. The van der Waals surface area contributed by atoms with Crippen LogP contribution in [0.5, 0.6) is 0 Å². The molecule has 1 N–H and O–H groups in total. The van der Waals surface area contributed by atoms with E-state index in [0.717, 1.165) is 22.4 Å². The van der Waals surface area contributed by atoms with E-state index >= 15 is 0 Å². The quantitative estimate of drug-likeness (QED) is 0.250. The third kappa shape index (κ3) is 27.9. The van der Waals surface area contributed by atoms with Gasteiger partial charge in [-0.25, -0.2) is 29.9 Å². The van der Waals surface area contributed by atoms with E-state index in [9.17, 15) is 0 Å². The number of hydrogen-bond acceptors (Lipinski definition) is 0. The van der Waals surface area contributed by atoms with E-state index in [1.807, 2.05) is 45.1 Å². The summed E-state index contributed by atoms with van der Waals surface area (Å²) in [7, 11) is 0.750. The van der Waals surface area contributed by atoms with Crippen LogP contribution in [-0.4, -0.2) is 15.1 Å². The first kappa shape index (κ1) is 36.2. The minimum Gasteiger partial charge on any atom is -0.673 e. The van der Waals surface area contributed by atoms with E-state index < -0.39 is 0 Å². The smallest absolute Gasteiger partial charge is 0.673 e. The Labute approximate surface area is 210 Å². The van der Waals surface area contributed by atoms with Crippen LogP contribution in [0.3, 0.4) is 0 Å². The van der Waals surface area contributed by atoms with E-state index in [1.54, 1.807) is 0 Å². The van der Waals surface area contributed by atoms with E-state index in [0.29, 0.717) is 5.92 Å². The molecule has 0 bridgehead atoms. The summed E-state index contributed by atoms with van der Waals surface area (Å²) in [6.45, 7) is 18.6. The van der Waals surface area contributed by atoms with Crippen LogP contribution in [0, 0.1) is 24.1 Å². The molecule has 3 aliphatic carbocycles. The van der Waals surface area contributed by atoms with Crippen LogP contribution in [0.2, 0.25) is 13.1 Å². The van der Waals surface area contributed by atoms with Crippen molar-refractivity contribution in [2.45, 2.75) is 79.9 Å². The molecule has 0 amide bonds. The fourth-order valence-corrected chi connectivity index (χ4v) is 1.84. The molecule has 1 atom stereocenters. The number of allylic oxidation sites excluding steroid dienone is 12. The van der Waals surface area contributed by atoms with Crippen LogP contribution in [0.25, 0.3) is 5.73 Å². The maximum absolute atomic E-state index is 6.94. The van der Waals surface area contributed by atoms with E-state index in [1.165, 1.54) is 16.7 Å². The topological polar surface area (TPSA) is 23.8 Å². The normalized spacial score (nSPS) is 17.2. The molecule has 1 unspecified atom stereocenters. The second kappa shape index (κ2) is 22.5. The number of hydrogen-bond donors (Lipinski definition) is 0. The van der Waals surface area contributed by atoms with Crippen LogP contribution in [-0.2, 0) is 39.1 Å². The Morgan fingerprint density at radius 3 is 1.38 bits per heavy atom. The summed E-state index contributed by atoms with van der Waals surface area (Å²) in [6.07, 6.45) is 23.4. The Balaban J connectivity index is -0.000000139. The zero-order chi connectivity index (χ0) is 21.3. The second-order valence-corrected chi connectivity index (χ2v) is 8.79. The Bertz CT molecular complexity index is 516. The van der Waals surface area contributed by atoms with Gasteiger partial charge >= 0.3 is 39.1 Å². The summed E-state index contributed by atoms with van der Waals surface area (Å²) in [5.41, 5.74) is 10.9. The number of nitrogens with one attached hydrogen (secondary N) is 1. The number of rotatable bonds is 0. The molecule has 0 aromatic rings. The summed E-state index contributed by atoms with van der Waals surface area (Å²) in [6, 6.07) is 0. The van der Waals surface area contributed by atoms with Crippen molar-refractivity contribution in [3.05, 3.63) is 77.1 Å². The van der Waals surface area contributed by atoms with Crippen molar-refractivity contribution in [1.82, 2.24) is 0 Å². The molecule has 0 saturated heterocycles. The average Bonchev–Trinajstić information content (AvgIpc) is 3.31. The van der Waals surface area contributed by atoms with Crippen molar-refractivity contribution in [1.29, 1.82) is 0 Å². The van der Waals surface area contributed by atoms with Gasteiger partial charge in [0.15, 0.2) is 0 Å². The largest absolute Gasteiger partial charge is 2.00 e. The van der Waals surface area contributed by atoms with Crippen LogP contribution in [0.4, 0.5) is 0 Å². The summed E-state index contributed by atoms with van der Waals surface area (Å²) in [5.74, 6) is 0.560. The molecule has 0 heterocycles. The summed E-state index contributed by atoms with van der Waals surface area (Å²) in [4.78, 5) is 0. The van der Waals surface area contributed by atoms with Crippen molar-refractivity contribution in [2.75, 3.05) is 0 Å². The molecule has 1 nitrogen and oxygen atoms in total. The molecule has 29 heavy (non-hydrogen) atoms. The van der Waals surface area contributed by atoms with Gasteiger partial charge in [0, 0.05) is 9.52 Å². The predicted molar refractivity (Wildman–Crippen MR) is 126 cm³/mol. The van der Waals surface area contributed by atoms with Crippen molar-refractivity contribution in [2.24, 2.45) is 5.92 Å². The Kier molecular flexibility index (Phi) is 28.2. The van der Waals surface area contributed by atoms with Gasteiger partial charge in [0.25, 0.3) is 0 Å². The summed E-state index contributed by atoms with van der Waals surface area (Å²) >= 11 is 0. The van der Waals surface area contributed by atoms with Gasteiger partial charge in [-0.1, -0.05) is 60.6 Å². The molecular weight excluding hydrogens is 442 g/mol. The molecule has 0 aliphatic heterocycles. The summed E-state index contributed by atoms with van der Waals surface area (Å²) in [5, 5.41) is 0. The SMILES string of the molecule is CC(C)(C)[NH-].CC1=[C-]C(C)C(C)=C1C.C[SiH]C.[C-]1=CC=CC1.[C-]1=CC=CC1.[Cr+2].[Ti+2]. The van der Waals surface area contributed by atoms with Crippen molar-refractivity contribution >= 4 is 9.52 Å². The molecular formula is C25H40CrNSiTi.